The predicted molar refractivity (Wildman–Crippen MR) is 74.1 cm³/mol. The maximum atomic E-state index is 4.41. The molecular weight excluding hydrogens is 306 g/mol. The van der Waals surface area contributed by atoms with Crippen molar-refractivity contribution in [3.63, 3.8) is 0 Å². The van der Waals surface area contributed by atoms with Gasteiger partial charge >= 0.3 is 0 Å². The topological polar surface area (TPSA) is 48.5 Å². The van der Waals surface area contributed by atoms with Gasteiger partial charge in [0.05, 0.1) is 24.1 Å². The summed E-state index contributed by atoms with van der Waals surface area (Å²) in [7, 11) is 0. The van der Waals surface area contributed by atoms with Crippen LogP contribution in [0.5, 0.6) is 0 Å². The second kappa shape index (κ2) is 3.77. The van der Waals surface area contributed by atoms with Gasteiger partial charge in [-0.2, -0.15) is 5.10 Å². The fourth-order valence-corrected chi connectivity index (χ4v) is 2.90. The van der Waals surface area contributed by atoms with E-state index in [1.54, 1.807) is 6.33 Å². The molecule has 1 aliphatic rings. The Morgan fingerprint density at radius 1 is 1.26 bits per heavy atom. The van der Waals surface area contributed by atoms with Crippen LogP contribution in [0.15, 0.2) is 35.2 Å². The van der Waals surface area contributed by atoms with Crippen LogP contribution in [0.4, 0.5) is 0 Å². The van der Waals surface area contributed by atoms with Crippen molar-refractivity contribution in [1.29, 1.82) is 0 Å². The lowest BCUT2D eigenvalue weighted by molar-refractivity contribution is 0.675. The number of rotatable bonds is 0. The number of hydrogen-bond acceptors (Lipinski definition) is 3. The first-order valence-electron chi connectivity index (χ1n) is 5.95. The van der Waals surface area contributed by atoms with Gasteiger partial charge in [-0.3, -0.25) is 4.57 Å². The van der Waals surface area contributed by atoms with Gasteiger partial charge in [-0.05, 0) is 25.1 Å². The monoisotopic (exact) mass is 315 g/mol. The van der Waals surface area contributed by atoms with E-state index < -0.39 is 0 Å². The number of aryl methyl sites for hydroxylation is 1. The Bertz CT molecular complexity index is 786. The molecule has 5 nitrogen and oxygen atoms in total. The van der Waals surface area contributed by atoms with Crippen LogP contribution in [0.25, 0.3) is 17.1 Å². The molecule has 1 aromatic carbocycles. The molecule has 3 aromatic rings. The lowest BCUT2D eigenvalue weighted by Gasteiger charge is -2.10. The first kappa shape index (κ1) is 10.9. The molecule has 0 bridgehead atoms. The highest BCUT2D eigenvalue weighted by molar-refractivity contribution is 9.10. The van der Waals surface area contributed by atoms with Crippen LogP contribution in [-0.4, -0.2) is 24.3 Å². The zero-order chi connectivity index (χ0) is 13.0. The van der Waals surface area contributed by atoms with Crippen molar-refractivity contribution in [2.75, 3.05) is 0 Å². The number of halogens is 1. The smallest absolute Gasteiger partial charge is 0.160 e. The molecule has 0 atom stereocenters. The second-order valence-electron chi connectivity index (χ2n) is 4.53. The summed E-state index contributed by atoms with van der Waals surface area (Å²) in [4.78, 5) is 8.79. The highest BCUT2D eigenvalue weighted by atomic mass is 79.9. The van der Waals surface area contributed by atoms with Gasteiger partial charge in [0.25, 0.3) is 0 Å². The zero-order valence-electron chi connectivity index (χ0n) is 10.2. The average Bonchev–Trinajstić information content (AvgIpc) is 2.95. The van der Waals surface area contributed by atoms with Crippen LogP contribution in [0.1, 0.15) is 11.5 Å². The van der Waals surface area contributed by atoms with Crippen molar-refractivity contribution in [1.82, 2.24) is 24.3 Å². The summed E-state index contributed by atoms with van der Waals surface area (Å²) in [5, 5.41) is 4.30. The van der Waals surface area contributed by atoms with Crippen LogP contribution in [0.2, 0.25) is 0 Å². The highest BCUT2D eigenvalue weighted by Gasteiger charge is 2.22. The third-order valence-corrected chi connectivity index (χ3v) is 3.87. The van der Waals surface area contributed by atoms with Gasteiger partial charge in [-0.1, -0.05) is 15.9 Å². The van der Waals surface area contributed by atoms with Gasteiger partial charge < -0.3 is 0 Å². The second-order valence-corrected chi connectivity index (χ2v) is 5.45. The minimum atomic E-state index is 0.683. The standard InChI is InChI=1S/C13H10BrN5/c1-8-15-5-10-6-18-13(16-7-17-18)11-3-2-9(14)4-12(11)19(8)10/h2-5,7H,6H2,1H3. The molecule has 0 aliphatic carbocycles. The molecule has 0 radical (unpaired) electrons. The molecule has 0 unspecified atom stereocenters. The number of imidazole rings is 1. The molecule has 0 spiro atoms. The minimum Gasteiger partial charge on any atom is -0.298 e. The van der Waals surface area contributed by atoms with Gasteiger partial charge in [0.15, 0.2) is 5.82 Å². The number of hydrogen-bond donors (Lipinski definition) is 0. The number of nitrogens with zero attached hydrogens (tertiary/aromatic N) is 5. The SMILES string of the molecule is Cc1ncc2n1-c1cc(Br)ccc1-c1ncnn1C2. The Morgan fingerprint density at radius 2 is 2.16 bits per heavy atom. The molecule has 4 rings (SSSR count). The molecule has 1 aliphatic heterocycles. The summed E-state index contributed by atoms with van der Waals surface area (Å²) in [6.07, 6.45) is 3.50. The van der Waals surface area contributed by atoms with Crippen LogP contribution in [-0.2, 0) is 6.54 Å². The van der Waals surface area contributed by atoms with Crippen molar-refractivity contribution >= 4 is 15.9 Å². The Hall–Kier alpha value is -1.95. The lowest BCUT2D eigenvalue weighted by atomic mass is 10.1. The van der Waals surface area contributed by atoms with Crippen LogP contribution in [0, 0.1) is 6.92 Å². The summed E-state index contributed by atoms with van der Waals surface area (Å²) in [6, 6.07) is 6.18. The third-order valence-electron chi connectivity index (χ3n) is 3.38. The first-order chi connectivity index (χ1) is 9.24. The van der Waals surface area contributed by atoms with E-state index in [0.717, 1.165) is 33.1 Å². The number of benzene rings is 1. The zero-order valence-corrected chi connectivity index (χ0v) is 11.8. The highest BCUT2D eigenvalue weighted by Crippen LogP contribution is 2.32. The summed E-state index contributed by atoms with van der Waals surface area (Å²) < 4.78 is 5.11. The fourth-order valence-electron chi connectivity index (χ4n) is 2.55. The van der Waals surface area contributed by atoms with E-state index in [0.29, 0.717) is 6.54 Å². The van der Waals surface area contributed by atoms with E-state index in [2.05, 4.69) is 47.7 Å². The van der Waals surface area contributed by atoms with Gasteiger partial charge in [0.1, 0.15) is 12.2 Å². The van der Waals surface area contributed by atoms with Gasteiger partial charge in [0, 0.05) is 10.0 Å². The van der Waals surface area contributed by atoms with Gasteiger partial charge in [-0.25, -0.2) is 14.6 Å². The van der Waals surface area contributed by atoms with Crippen LogP contribution in [0.3, 0.4) is 0 Å². The van der Waals surface area contributed by atoms with Crippen molar-refractivity contribution < 1.29 is 0 Å². The molecule has 0 N–H and O–H groups in total. The summed E-state index contributed by atoms with van der Waals surface area (Å²) in [6.45, 7) is 2.69. The van der Waals surface area contributed by atoms with E-state index in [1.807, 2.05) is 23.9 Å². The van der Waals surface area contributed by atoms with Crippen LogP contribution >= 0.6 is 15.9 Å². The minimum absolute atomic E-state index is 0.683. The Morgan fingerprint density at radius 3 is 3.05 bits per heavy atom. The molecule has 94 valence electrons. The summed E-state index contributed by atoms with van der Waals surface area (Å²) in [5.74, 6) is 1.87. The van der Waals surface area contributed by atoms with E-state index in [4.69, 9.17) is 0 Å². The number of fused-ring (bicyclic) bond motifs is 5. The van der Waals surface area contributed by atoms with E-state index >= 15 is 0 Å². The van der Waals surface area contributed by atoms with E-state index in [9.17, 15) is 0 Å². The molecule has 3 heterocycles. The predicted octanol–water partition coefficient (Wildman–Crippen LogP) is 2.56. The molecule has 19 heavy (non-hydrogen) atoms. The Labute approximate surface area is 118 Å². The van der Waals surface area contributed by atoms with Crippen molar-refractivity contribution in [2.24, 2.45) is 0 Å². The molecule has 0 fully saturated rings. The fraction of sp³-hybridized carbons (Fsp3) is 0.154. The average molecular weight is 316 g/mol. The maximum Gasteiger partial charge on any atom is 0.160 e. The van der Waals surface area contributed by atoms with Gasteiger partial charge in [0.2, 0.25) is 0 Å². The number of aromatic nitrogens is 5. The van der Waals surface area contributed by atoms with Crippen molar-refractivity contribution in [3.8, 4) is 17.1 Å². The Balaban J connectivity index is 2.14. The molecule has 2 aromatic heterocycles. The van der Waals surface area contributed by atoms with Gasteiger partial charge in [-0.15, -0.1) is 0 Å². The Kier molecular flexibility index (Phi) is 2.17. The molecule has 0 saturated carbocycles. The molecular formula is C13H10BrN5. The third kappa shape index (κ3) is 1.49. The van der Waals surface area contributed by atoms with Crippen molar-refractivity contribution in [2.45, 2.75) is 13.5 Å². The normalized spacial score (nSPS) is 12.5. The molecule has 6 heteroatoms. The first-order valence-corrected chi connectivity index (χ1v) is 6.74. The summed E-state index contributed by atoms with van der Waals surface area (Å²) in [5.41, 5.74) is 3.27. The van der Waals surface area contributed by atoms with Crippen LogP contribution < -0.4 is 0 Å². The van der Waals surface area contributed by atoms with E-state index in [-0.39, 0.29) is 0 Å². The maximum absolute atomic E-state index is 4.41. The quantitative estimate of drug-likeness (QED) is 0.501. The molecule has 0 saturated heterocycles. The van der Waals surface area contributed by atoms with E-state index in [1.165, 1.54) is 0 Å². The lowest BCUT2D eigenvalue weighted by Crippen LogP contribution is -2.05. The molecule has 0 amide bonds. The van der Waals surface area contributed by atoms with Crippen molar-refractivity contribution in [3.05, 3.63) is 46.7 Å². The summed E-state index contributed by atoms with van der Waals surface area (Å²) >= 11 is 3.53. The largest absolute Gasteiger partial charge is 0.298 e.